The van der Waals surface area contributed by atoms with Crippen molar-refractivity contribution in [2.75, 3.05) is 18.5 Å². The van der Waals surface area contributed by atoms with Crippen molar-refractivity contribution in [3.05, 3.63) is 65.7 Å². The molecule has 0 aliphatic carbocycles. The molecule has 2 aromatic rings. The van der Waals surface area contributed by atoms with E-state index in [1.807, 2.05) is 30.3 Å². The van der Waals surface area contributed by atoms with Gasteiger partial charge in [-0.2, -0.15) is 0 Å². The first kappa shape index (κ1) is 16.7. The molecule has 1 heterocycles. The van der Waals surface area contributed by atoms with E-state index in [9.17, 15) is 14.4 Å². The largest absolute Gasteiger partial charge is 0.478 e. The second-order valence-corrected chi connectivity index (χ2v) is 5.93. The molecule has 0 aromatic heterocycles. The van der Waals surface area contributed by atoms with Crippen LogP contribution in [0.2, 0.25) is 0 Å². The second-order valence-electron chi connectivity index (χ2n) is 5.93. The van der Waals surface area contributed by atoms with E-state index in [2.05, 4.69) is 0 Å². The summed E-state index contributed by atoms with van der Waals surface area (Å²) in [4.78, 5) is 39.3. The number of para-hydroxylation sites is 1. The molecule has 1 N–H and O–H groups in total. The summed E-state index contributed by atoms with van der Waals surface area (Å²) in [6.45, 7) is 0.559. The van der Waals surface area contributed by atoms with Gasteiger partial charge in [0.15, 0.2) is 0 Å². The highest BCUT2D eigenvalue weighted by Crippen LogP contribution is 2.24. The molecule has 3 rings (SSSR count). The minimum atomic E-state index is -1.04. The normalized spacial score (nSPS) is 16.8. The van der Waals surface area contributed by atoms with Crippen LogP contribution in [0.1, 0.15) is 27.1 Å². The van der Waals surface area contributed by atoms with E-state index in [0.29, 0.717) is 18.5 Å². The van der Waals surface area contributed by atoms with Crippen LogP contribution in [-0.2, 0) is 4.79 Å². The van der Waals surface area contributed by atoms with Gasteiger partial charge in [0.1, 0.15) is 6.04 Å². The van der Waals surface area contributed by atoms with Crippen molar-refractivity contribution in [2.45, 2.75) is 12.5 Å². The molecule has 6 heteroatoms. The van der Waals surface area contributed by atoms with Crippen LogP contribution in [0.15, 0.2) is 54.6 Å². The molecule has 1 unspecified atom stereocenters. The Morgan fingerprint density at radius 3 is 2.24 bits per heavy atom. The number of aromatic carboxylic acids is 1. The van der Waals surface area contributed by atoms with Crippen LogP contribution in [0, 0.1) is 0 Å². The number of amides is 2. The SMILES string of the molecule is CN(C(=O)c1ccc(C(=O)O)cc1)C1CCN(c2ccccc2)C1=O. The van der Waals surface area contributed by atoms with Crippen LogP contribution in [0.4, 0.5) is 5.69 Å². The van der Waals surface area contributed by atoms with Gasteiger partial charge in [0, 0.05) is 24.8 Å². The molecule has 0 radical (unpaired) electrons. The van der Waals surface area contributed by atoms with Gasteiger partial charge in [0.05, 0.1) is 5.56 Å². The van der Waals surface area contributed by atoms with Gasteiger partial charge in [-0.1, -0.05) is 18.2 Å². The molecule has 0 bridgehead atoms. The highest BCUT2D eigenvalue weighted by atomic mass is 16.4. The zero-order valence-electron chi connectivity index (χ0n) is 13.8. The number of carbonyl (C=O) groups is 3. The third-order valence-corrected chi connectivity index (χ3v) is 4.41. The van der Waals surface area contributed by atoms with Gasteiger partial charge in [0.25, 0.3) is 5.91 Å². The smallest absolute Gasteiger partial charge is 0.335 e. The maximum absolute atomic E-state index is 12.7. The number of anilines is 1. The van der Waals surface area contributed by atoms with Crippen LogP contribution >= 0.6 is 0 Å². The summed E-state index contributed by atoms with van der Waals surface area (Å²) in [5.74, 6) is -1.45. The molecule has 1 atom stereocenters. The third kappa shape index (κ3) is 3.24. The van der Waals surface area contributed by atoms with Gasteiger partial charge in [-0.15, -0.1) is 0 Å². The Bertz CT molecular complexity index is 802. The zero-order valence-corrected chi connectivity index (χ0v) is 13.8. The van der Waals surface area contributed by atoms with Crippen LogP contribution in [0.5, 0.6) is 0 Å². The number of carbonyl (C=O) groups excluding carboxylic acids is 2. The third-order valence-electron chi connectivity index (χ3n) is 4.41. The molecular formula is C19H18N2O4. The summed E-state index contributed by atoms with van der Waals surface area (Å²) in [5, 5.41) is 8.92. The van der Waals surface area contributed by atoms with E-state index >= 15 is 0 Å². The predicted octanol–water partition coefficient (Wildman–Crippen LogP) is 2.26. The van der Waals surface area contributed by atoms with Crippen LogP contribution in [0.3, 0.4) is 0 Å². The van der Waals surface area contributed by atoms with Crippen molar-refractivity contribution in [1.29, 1.82) is 0 Å². The van der Waals surface area contributed by atoms with Crippen molar-refractivity contribution in [1.82, 2.24) is 4.90 Å². The fourth-order valence-corrected chi connectivity index (χ4v) is 2.99. The Morgan fingerprint density at radius 2 is 1.64 bits per heavy atom. The molecule has 2 amide bonds. The number of hydrogen-bond acceptors (Lipinski definition) is 3. The summed E-state index contributed by atoms with van der Waals surface area (Å²) in [6, 6.07) is 14.5. The van der Waals surface area contributed by atoms with Crippen molar-refractivity contribution in [2.24, 2.45) is 0 Å². The van der Waals surface area contributed by atoms with Crippen LogP contribution in [0.25, 0.3) is 0 Å². The maximum atomic E-state index is 12.7. The fourth-order valence-electron chi connectivity index (χ4n) is 2.99. The van der Waals surface area contributed by atoms with Gasteiger partial charge in [-0.3, -0.25) is 9.59 Å². The standard InChI is InChI=1S/C19H18N2O4/c1-20(17(22)13-7-9-14(10-8-13)19(24)25)16-11-12-21(18(16)23)15-5-3-2-4-6-15/h2-10,16H,11-12H2,1H3,(H,24,25). The zero-order chi connectivity index (χ0) is 18.0. The average Bonchev–Trinajstić information content (AvgIpc) is 3.02. The molecule has 6 nitrogen and oxygen atoms in total. The molecule has 1 aliphatic rings. The van der Waals surface area contributed by atoms with E-state index in [-0.39, 0.29) is 17.4 Å². The summed E-state index contributed by atoms with van der Waals surface area (Å²) in [5.41, 5.74) is 1.30. The van der Waals surface area contributed by atoms with Crippen molar-refractivity contribution < 1.29 is 19.5 Å². The molecule has 1 aliphatic heterocycles. The van der Waals surface area contributed by atoms with Gasteiger partial charge in [-0.05, 0) is 42.8 Å². The molecule has 2 aromatic carbocycles. The van der Waals surface area contributed by atoms with Gasteiger partial charge >= 0.3 is 5.97 Å². The topological polar surface area (TPSA) is 77.9 Å². The lowest BCUT2D eigenvalue weighted by Gasteiger charge is -2.24. The Hall–Kier alpha value is -3.15. The van der Waals surface area contributed by atoms with Crippen molar-refractivity contribution in [3.8, 4) is 0 Å². The minimum absolute atomic E-state index is 0.107. The van der Waals surface area contributed by atoms with Crippen molar-refractivity contribution in [3.63, 3.8) is 0 Å². The first-order chi connectivity index (χ1) is 12.0. The van der Waals surface area contributed by atoms with E-state index in [1.54, 1.807) is 11.9 Å². The van der Waals surface area contributed by atoms with E-state index in [0.717, 1.165) is 5.69 Å². The molecule has 1 saturated heterocycles. The summed E-state index contributed by atoms with van der Waals surface area (Å²) in [6.07, 6.45) is 0.559. The molecule has 0 spiro atoms. The van der Waals surface area contributed by atoms with E-state index < -0.39 is 12.0 Å². The molecule has 0 saturated carbocycles. The monoisotopic (exact) mass is 338 g/mol. The minimum Gasteiger partial charge on any atom is -0.478 e. The Kier molecular flexibility index (Phi) is 4.52. The van der Waals surface area contributed by atoms with E-state index in [4.69, 9.17) is 5.11 Å². The van der Waals surface area contributed by atoms with Gasteiger partial charge in [0.2, 0.25) is 5.91 Å². The molecular weight excluding hydrogens is 320 g/mol. The molecule has 128 valence electrons. The number of carboxylic acid groups (broad SMARTS) is 1. The Morgan fingerprint density at radius 1 is 1.04 bits per heavy atom. The maximum Gasteiger partial charge on any atom is 0.335 e. The number of benzene rings is 2. The lowest BCUT2D eigenvalue weighted by atomic mass is 10.1. The van der Waals surface area contributed by atoms with E-state index in [1.165, 1.54) is 29.2 Å². The van der Waals surface area contributed by atoms with Crippen LogP contribution < -0.4 is 4.90 Å². The average molecular weight is 338 g/mol. The second kappa shape index (κ2) is 6.76. The number of carboxylic acids is 1. The number of hydrogen-bond donors (Lipinski definition) is 1. The number of rotatable bonds is 4. The quantitative estimate of drug-likeness (QED) is 0.927. The predicted molar refractivity (Wildman–Crippen MR) is 92.7 cm³/mol. The summed E-state index contributed by atoms with van der Waals surface area (Å²) < 4.78 is 0. The highest BCUT2D eigenvalue weighted by Gasteiger charge is 2.37. The molecule has 1 fully saturated rings. The molecule has 25 heavy (non-hydrogen) atoms. The fraction of sp³-hybridized carbons (Fsp3) is 0.211. The van der Waals surface area contributed by atoms with Crippen LogP contribution in [-0.4, -0.2) is 47.4 Å². The first-order valence-corrected chi connectivity index (χ1v) is 7.96. The highest BCUT2D eigenvalue weighted by molar-refractivity contribution is 6.04. The number of likely N-dealkylation sites (N-methyl/N-ethyl adjacent to an activating group) is 1. The summed E-state index contributed by atoms with van der Waals surface area (Å²) in [7, 11) is 1.60. The lowest BCUT2D eigenvalue weighted by molar-refractivity contribution is -0.120. The van der Waals surface area contributed by atoms with Crippen molar-refractivity contribution >= 4 is 23.5 Å². The van der Waals surface area contributed by atoms with Gasteiger partial charge in [-0.25, -0.2) is 4.79 Å². The van der Waals surface area contributed by atoms with Gasteiger partial charge < -0.3 is 14.9 Å². The Labute approximate surface area is 145 Å². The summed E-state index contributed by atoms with van der Waals surface area (Å²) >= 11 is 0. The Balaban J connectivity index is 1.74. The first-order valence-electron chi connectivity index (χ1n) is 7.96. The lowest BCUT2D eigenvalue weighted by Crippen LogP contribution is -2.43. The number of nitrogens with zero attached hydrogens (tertiary/aromatic N) is 2.